The molecule has 2 N–H and O–H groups in total. The number of benzene rings is 1. The van der Waals surface area contributed by atoms with Crippen LogP contribution in [0.5, 0.6) is 0 Å². The lowest BCUT2D eigenvalue weighted by Crippen LogP contribution is -2.43. The number of fused-ring (bicyclic) bond motifs is 3. The molecule has 8 heteroatoms. The van der Waals surface area contributed by atoms with Crippen molar-refractivity contribution in [2.24, 2.45) is 0 Å². The SMILES string of the molecule is Cl.Cl.O=C(NCCN1CCc2ccccc21)c1cc2c(s1)C1(CCNCC1)OCC2. The molecule has 1 aromatic heterocycles. The number of carbonyl (C=O) groups excluding carboxylic acids is 1. The Kier molecular flexibility index (Phi) is 7.69. The molecule has 0 aliphatic carbocycles. The van der Waals surface area contributed by atoms with Crippen LogP contribution in [0.25, 0.3) is 0 Å². The van der Waals surface area contributed by atoms with Gasteiger partial charge in [-0.3, -0.25) is 4.79 Å². The maximum absolute atomic E-state index is 12.8. The van der Waals surface area contributed by atoms with Gasteiger partial charge in [0.15, 0.2) is 0 Å². The van der Waals surface area contributed by atoms with Crippen molar-refractivity contribution in [3.05, 3.63) is 51.2 Å². The zero-order valence-corrected chi connectivity index (χ0v) is 19.4. The van der Waals surface area contributed by atoms with E-state index in [1.165, 1.54) is 21.7 Å². The number of anilines is 1. The standard InChI is InChI=1S/C22H27N3O2S.2ClH/c26-21(24-11-13-25-12-5-16-3-1-2-4-18(16)25)19-15-17-6-14-27-22(20(17)28-19)7-9-23-10-8-22;;/h1-4,15,23H,5-14H2,(H,24,26);2*1H. The lowest BCUT2D eigenvalue weighted by Gasteiger charge is -2.40. The Morgan fingerprint density at radius 3 is 2.80 bits per heavy atom. The third-order valence-electron chi connectivity index (χ3n) is 6.26. The van der Waals surface area contributed by atoms with Crippen molar-refractivity contribution < 1.29 is 9.53 Å². The Morgan fingerprint density at radius 1 is 1.17 bits per heavy atom. The largest absolute Gasteiger partial charge is 0.369 e. The van der Waals surface area contributed by atoms with Crippen molar-refractivity contribution in [3.8, 4) is 0 Å². The number of amides is 1. The average molecular weight is 470 g/mol. The molecule has 0 bridgehead atoms. The van der Waals surface area contributed by atoms with Crippen LogP contribution in [0.15, 0.2) is 30.3 Å². The van der Waals surface area contributed by atoms with Crippen molar-refractivity contribution >= 4 is 47.7 Å². The van der Waals surface area contributed by atoms with Gasteiger partial charge in [0.25, 0.3) is 5.91 Å². The number of nitrogens with one attached hydrogen (secondary N) is 2. The molecule has 0 radical (unpaired) electrons. The summed E-state index contributed by atoms with van der Waals surface area (Å²) in [7, 11) is 0. The topological polar surface area (TPSA) is 53.6 Å². The van der Waals surface area contributed by atoms with E-state index < -0.39 is 0 Å². The number of carbonyl (C=O) groups is 1. The minimum absolute atomic E-state index is 0. The van der Waals surface area contributed by atoms with Crippen LogP contribution in [0.3, 0.4) is 0 Å². The van der Waals surface area contributed by atoms with Crippen LogP contribution < -0.4 is 15.5 Å². The highest BCUT2D eigenvalue weighted by Gasteiger charge is 2.41. The number of halogens is 2. The van der Waals surface area contributed by atoms with Gasteiger partial charge in [0, 0.05) is 30.2 Å². The second-order valence-corrected chi connectivity index (χ2v) is 8.98. The molecule has 1 amide bonds. The van der Waals surface area contributed by atoms with Crippen molar-refractivity contribution in [3.63, 3.8) is 0 Å². The fourth-order valence-electron chi connectivity index (χ4n) is 4.77. The summed E-state index contributed by atoms with van der Waals surface area (Å²) in [6.07, 6.45) is 4.00. The monoisotopic (exact) mass is 469 g/mol. The lowest BCUT2D eigenvalue weighted by molar-refractivity contribution is -0.0771. The van der Waals surface area contributed by atoms with E-state index in [0.29, 0.717) is 6.54 Å². The van der Waals surface area contributed by atoms with Crippen LogP contribution >= 0.6 is 36.2 Å². The first-order valence-electron chi connectivity index (χ1n) is 10.3. The van der Waals surface area contributed by atoms with Gasteiger partial charge < -0.3 is 20.3 Å². The highest BCUT2D eigenvalue weighted by Crippen LogP contribution is 2.44. The molecular weight excluding hydrogens is 441 g/mol. The molecule has 0 atom stereocenters. The van der Waals surface area contributed by atoms with Gasteiger partial charge in [-0.25, -0.2) is 0 Å². The van der Waals surface area contributed by atoms with Crippen molar-refractivity contribution in [2.45, 2.75) is 31.3 Å². The summed E-state index contributed by atoms with van der Waals surface area (Å²) in [5.41, 5.74) is 3.87. The smallest absolute Gasteiger partial charge is 0.261 e. The highest BCUT2D eigenvalue weighted by atomic mass is 35.5. The Hall–Kier alpha value is -1.31. The fraction of sp³-hybridized carbons (Fsp3) is 0.500. The average Bonchev–Trinajstić information content (AvgIpc) is 3.34. The van der Waals surface area contributed by atoms with Gasteiger partial charge in [0.05, 0.1) is 11.5 Å². The number of thiophene rings is 1. The quantitative estimate of drug-likeness (QED) is 0.718. The Morgan fingerprint density at radius 2 is 1.97 bits per heavy atom. The maximum Gasteiger partial charge on any atom is 0.261 e. The summed E-state index contributed by atoms with van der Waals surface area (Å²) in [4.78, 5) is 17.3. The molecule has 1 spiro atoms. The van der Waals surface area contributed by atoms with Crippen molar-refractivity contribution in [1.29, 1.82) is 0 Å². The molecule has 164 valence electrons. The van der Waals surface area contributed by atoms with E-state index in [-0.39, 0.29) is 36.3 Å². The van der Waals surface area contributed by atoms with Crippen LogP contribution in [-0.2, 0) is 23.2 Å². The molecule has 0 unspecified atom stereocenters. The molecule has 4 heterocycles. The molecule has 5 rings (SSSR count). The summed E-state index contributed by atoms with van der Waals surface area (Å²) in [5, 5.41) is 6.55. The molecule has 2 aromatic rings. The minimum atomic E-state index is -0.165. The van der Waals surface area contributed by atoms with E-state index in [4.69, 9.17) is 4.74 Å². The maximum atomic E-state index is 12.8. The normalized spacial score (nSPS) is 18.7. The summed E-state index contributed by atoms with van der Waals surface area (Å²) < 4.78 is 6.24. The number of piperidine rings is 1. The molecule has 1 saturated heterocycles. The van der Waals surface area contributed by atoms with Crippen molar-refractivity contribution in [2.75, 3.05) is 44.2 Å². The van der Waals surface area contributed by atoms with Gasteiger partial charge in [-0.1, -0.05) is 18.2 Å². The first-order valence-corrected chi connectivity index (χ1v) is 11.2. The van der Waals surface area contributed by atoms with Gasteiger partial charge >= 0.3 is 0 Å². The van der Waals surface area contributed by atoms with E-state index in [9.17, 15) is 4.79 Å². The number of rotatable bonds is 4. The molecule has 0 saturated carbocycles. The number of nitrogens with zero attached hydrogens (tertiary/aromatic N) is 1. The predicted octanol–water partition coefficient (Wildman–Crippen LogP) is 3.54. The van der Waals surface area contributed by atoms with Gasteiger partial charge in [-0.2, -0.15) is 0 Å². The van der Waals surface area contributed by atoms with E-state index in [0.717, 1.165) is 63.3 Å². The first-order chi connectivity index (χ1) is 13.8. The fourth-order valence-corrected chi connectivity index (χ4v) is 6.09. The molecule has 1 fully saturated rings. The van der Waals surface area contributed by atoms with Crippen LogP contribution in [0.4, 0.5) is 5.69 Å². The summed E-state index contributed by atoms with van der Waals surface area (Å²) in [6.45, 7) is 5.29. The zero-order valence-electron chi connectivity index (χ0n) is 16.9. The molecule has 1 aromatic carbocycles. The first kappa shape index (κ1) is 23.4. The van der Waals surface area contributed by atoms with Gasteiger partial charge in [0.2, 0.25) is 0 Å². The molecular formula is C22H29Cl2N3O2S. The minimum Gasteiger partial charge on any atom is -0.369 e. The Labute approximate surface area is 194 Å². The van der Waals surface area contributed by atoms with Crippen LogP contribution in [0, 0.1) is 0 Å². The number of para-hydroxylation sites is 1. The third kappa shape index (κ3) is 4.34. The zero-order chi connectivity index (χ0) is 19.0. The second-order valence-electron chi connectivity index (χ2n) is 7.93. The van der Waals surface area contributed by atoms with Gasteiger partial charge in [-0.05, 0) is 62.0 Å². The van der Waals surface area contributed by atoms with Crippen LogP contribution in [-0.4, -0.2) is 45.2 Å². The highest BCUT2D eigenvalue weighted by molar-refractivity contribution is 7.14. The predicted molar refractivity (Wildman–Crippen MR) is 127 cm³/mol. The van der Waals surface area contributed by atoms with Crippen LogP contribution in [0.1, 0.15) is 38.5 Å². The molecule has 3 aliphatic rings. The third-order valence-corrected chi connectivity index (χ3v) is 7.62. The Balaban J connectivity index is 0.00000128. The van der Waals surface area contributed by atoms with E-state index in [2.05, 4.69) is 45.9 Å². The van der Waals surface area contributed by atoms with Crippen LogP contribution in [0.2, 0.25) is 0 Å². The number of ether oxygens (including phenoxy) is 1. The van der Waals surface area contributed by atoms with Gasteiger partial charge in [0.1, 0.15) is 5.60 Å². The van der Waals surface area contributed by atoms with E-state index in [1.807, 2.05) is 0 Å². The number of hydrogen-bond donors (Lipinski definition) is 2. The molecule has 30 heavy (non-hydrogen) atoms. The van der Waals surface area contributed by atoms with E-state index >= 15 is 0 Å². The summed E-state index contributed by atoms with van der Waals surface area (Å²) in [6, 6.07) is 10.7. The van der Waals surface area contributed by atoms with Gasteiger partial charge in [-0.15, -0.1) is 36.2 Å². The van der Waals surface area contributed by atoms with E-state index in [1.54, 1.807) is 11.3 Å². The lowest BCUT2D eigenvalue weighted by atomic mass is 9.86. The summed E-state index contributed by atoms with van der Waals surface area (Å²) in [5.74, 6) is 0.0518. The summed E-state index contributed by atoms with van der Waals surface area (Å²) >= 11 is 1.64. The molecule has 5 nitrogen and oxygen atoms in total. The Bertz CT molecular complexity index is 883. The molecule has 3 aliphatic heterocycles. The number of hydrogen-bond acceptors (Lipinski definition) is 5. The van der Waals surface area contributed by atoms with Crippen molar-refractivity contribution in [1.82, 2.24) is 10.6 Å². The second kappa shape index (κ2) is 9.88.